The summed E-state index contributed by atoms with van der Waals surface area (Å²) in [4.78, 5) is 0. The molecule has 1 unspecified atom stereocenters. The lowest BCUT2D eigenvalue weighted by molar-refractivity contribution is -0.141. The topological polar surface area (TPSA) is 0 Å². The van der Waals surface area contributed by atoms with Crippen molar-refractivity contribution in [2.75, 3.05) is 0 Å². The first-order chi connectivity index (χ1) is 4.31. The molecule has 0 aromatic carbocycles. The van der Waals surface area contributed by atoms with E-state index in [1.165, 1.54) is 6.92 Å². The van der Waals surface area contributed by atoms with Crippen molar-refractivity contribution in [2.45, 2.75) is 24.8 Å². The SMILES string of the molecule is CC#CC(C)(S)C(F)(F)F. The average molecular weight is 168 g/mol. The Morgan fingerprint density at radius 3 is 1.80 bits per heavy atom. The highest BCUT2D eigenvalue weighted by Gasteiger charge is 2.47. The zero-order valence-electron chi connectivity index (χ0n) is 5.58. The Morgan fingerprint density at radius 1 is 1.30 bits per heavy atom. The Labute approximate surface area is 63.2 Å². The third-order valence-corrected chi connectivity index (χ3v) is 1.29. The molecule has 0 saturated carbocycles. The van der Waals surface area contributed by atoms with Crippen LogP contribution in [0, 0.1) is 11.8 Å². The zero-order chi connectivity index (χ0) is 8.41. The standard InChI is InChI=1S/C6H7F3S/c1-3-4-5(2,10)6(7,8)9/h10H,1-2H3. The van der Waals surface area contributed by atoms with Crippen LogP contribution in [0.5, 0.6) is 0 Å². The molecular weight excluding hydrogens is 161 g/mol. The Morgan fingerprint density at radius 2 is 1.70 bits per heavy atom. The fourth-order valence-electron chi connectivity index (χ4n) is 0.314. The average Bonchev–Trinajstić information content (AvgIpc) is 1.61. The Balaban J connectivity index is 4.51. The molecular formula is C6H7F3S. The molecule has 0 aliphatic rings. The van der Waals surface area contributed by atoms with E-state index in [9.17, 15) is 13.2 Å². The van der Waals surface area contributed by atoms with Crippen LogP contribution in [0.25, 0.3) is 0 Å². The lowest BCUT2D eigenvalue weighted by Gasteiger charge is -2.19. The van der Waals surface area contributed by atoms with Crippen molar-refractivity contribution in [3.8, 4) is 11.8 Å². The van der Waals surface area contributed by atoms with E-state index in [1.54, 1.807) is 0 Å². The van der Waals surface area contributed by atoms with Crippen LogP contribution in [0.4, 0.5) is 13.2 Å². The van der Waals surface area contributed by atoms with Crippen molar-refractivity contribution in [1.29, 1.82) is 0 Å². The van der Waals surface area contributed by atoms with Gasteiger partial charge in [0.1, 0.15) is 0 Å². The van der Waals surface area contributed by atoms with Crippen LogP contribution in [-0.2, 0) is 0 Å². The number of rotatable bonds is 0. The monoisotopic (exact) mass is 168 g/mol. The molecule has 0 N–H and O–H groups in total. The second kappa shape index (κ2) is 2.75. The third-order valence-electron chi connectivity index (χ3n) is 0.920. The molecule has 0 rings (SSSR count). The van der Waals surface area contributed by atoms with E-state index in [4.69, 9.17) is 0 Å². The van der Waals surface area contributed by atoms with Gasteiger partial charge in [0.05, 0.1) is 0 Å². The smallest absolute Gasteiger partial charge is 0.168 e. The largest absolute Gasteiger partial charge is 0.413 e. The van der Waals surface area contributed by atoms with Gasteiger partial charge in [0.25, 0.3) is 0 Å². The maximum Gasteiger partial charge on any atom is 0.413 e. The molecule has 0 spiro atoms. The molecule has 0 aliphatic heterocycles. The Kier molecular flexibility index (Phi) is 2.67. The minimum absolute atomic E-state index is 0.923. The summed E-state index contributed by atoms with van der Waals surface area (Å²) in [7, 11) is 0. The number of halogens is 3. The van der Waals surface area contributed by atoms with Gasteiger partial charge in [0, 0.05) is 0 Å². The molecule has 0 bridgehead atoms. The minimum Gasteiger partial charge on any atom is -0.168 e. The van der Waals surface area contributed by atoms with E-state index in [-0.39, 0.29) is 0 Å². The van der Waals surface area contributed by atoms with Gasteiger partial charge in [-0.2, -0.15) is 25.8 Å². The van der Waals surface area contributed by atoms with Gasteiger partial charge in [-0.1, -0.05) is 5.92 Å². The number of hydrogen-bond acceptors (Lipinski definition) is 1. The number of hydrogen-bond donors (Lipinski definition) is 1. The van der Waals surface area contributed by atoms with Gasteiger partial charge in [-0.3, -0.25) is 0 Å². The molecule has 0 fully saturated rings. The molecule has 1 atom stereocenters. The summed E-state index contributed by atoms with van der Waals surface area (Å²) in [5.41, 5.74) is 0. The van der Waals surface area contributed by atoms with E-state index in [0.29, 0.717) is 0 Å². The minimum atomic E-state index is -4.36. The molecule has 0 saturated heterocycles. The van der Waals surface area contributed by atoms with Crippen molar-refractivity contribution in [3.63, 3.8) is 0 Å². The van der Waals surface area contributed by atoms with Crippen LogP contribution < -0.4 is 0 Å². The van der Waals surface area contributed by atoms with E-state index in [2.05, 4.69) is 18.5 Å². The predicted octanol–water partition coefficient (Wildman–Crippen LogP) is 2.26. The normalized spacial score (nSPS) is 17.0. The molecule has 58 valence electrons. The van der Waals surface area contributed by atoms with Crippen LogP contribution in [0.15, 0.2) is 0 Å². The van der Waals surface area contributed by atoms with E-state index in [1.807, 2.05) is 5.92 Å². The van der Waals surface area contributed by atoms with Gasteiger partial charge in [-0.15, -0.1) is 5.92 Å². The fourth-order valence-corrected chi connectivity index (χ4v) is 0.426. The van der Waals surface area contributed by atoms with E-state index >= 15 is 0 Å². The maximum atomic E-state index is 11.8. The van der Waals surface area contributed by atoms with Crippen LogP contribution in [0.1, 0.15) is 13.8 Å². The second-order valence-electron chi connectivity index (χ2n) is 1.94. The van der Waals surface area contributed by atoms with E-state index in [0.717, 1.165) is 6.92 Å². The quantitative estimate of drug-likeness (QED) is 0.416. The summed E-state index contributed by atoms with van der Waals surface area (Å²) < 4.78 is 33.3. The van der Waals surface area contributed by atoms with Crippen molar-refractivity contribution >= 4 is 12.6 Å². The molecule has 0 aromatic heterocycles. The first kappa shape index (κ1) is 9.70. The molecule has 4 heteroatoms. The second-order valence-corrected chi connectivity index (χ2v) is 2.84. The zero-order valence-corrected chi connectivity index (χ0v) is 6.48. The van der Waals surface area contributed by atoms with Gasteiger partial charge in [0.2, 0.25) is 0 Å². The highest BCUT2D eigenvalue weighted by Crippen LogP contribution is 2.34. The molecule has 10 heavy (non-hydrogen) atoms. The first-order valence-corrected chi connectivity index (χ1v) is 2.99. The number of thiol groups is 1. The predicted molar refractivity (Wildman–Crippen MR) is 36.9 cm³/mol. The lowest BCUT2D eigenvalue weighted by atomic mass is 10.2. The molecule has 0 nitrogen and oxygen atoms in total. The fraction of sp³-hybridized carbons (Fsp3) is 0.667. The summed E-state index contributed by atoms with van der Waals surface area (Å²) >= 11 is 3.35. The molecule has 0 radical (unpaired) electrons. The van der Waals surface area contributed by atoms with Gasteiger partial charge in [-0.25, -0.2) is 0 Å². The van der Waals surface area contributed by atoms with Crippen LogP contribution in [0.3, 0.4) is 0 Å². The first-order valence-electron chi connectivity index (χ1n) is 2.54. The number of alkyl halides is 3. The van der Waals surface area contributed by atoms with Crippen molar-refractivity contribution in [1.82, 2.24) is 0 Å². The van der Waals surface area contributed by atoms with Crippen molar-refractivity contribution in [3.05, 3.63) is 0 Å². The maximum absolute atomic E-state index is 11.8. The summed E-state index contributed by atoms with van der Waals surface area (Å²) in [5.74, 6) is 4.12. The van der Waals surface area contributed by atoms with Crippen LogP contribution >= 0.6 is 12.6 Å². The van der Waals surface area contributed by atoms with Crippen molar-refractivity contribution in [2.24, 2.45) is 0 Å². The molecule has 0 amide bonds. The Bertz CT molecular complexity index is 170. The van der Waals surface area contributed by atoms with Gasteiger partial charge < -0.3 is 0 Å². The van der Waals surface area contributed by atoms with E-state index < -0.39 is 10.9 Å². The summed E-state index contributed by atoms with van der Waals surface area (Å²) in [5, 5.41) is 0. The molecule has 0 aromatic rings. The third kappa shape index (κ3) is 2.14. The summed E-state index contributed by atoms with van der Waals surface area (Å²) in [6.45, 7) is 2.27. The van der Waals surface area contributed by atoms with Gasteiger partial charge >= 0.3 is 6.18 Å². The van der Waals surface area contributed by atoms with Crippen molar-refractivity contribution < 1.29 is 13.2 Å². The highest BCUT2D eigenvalue weighted by molar-refractivity contribution is 7.82. The van der Waals surface area contributed by atoms with Crippen LogP contribution in [0.2, 0.25) is 0 Å². The molecule has 0 heterocycles. The summed E-state index contributed by atoms with van der Waals surface area (Å²) in [6, 6.07) is 0. The highest BCUT2D eigenvalue weighted by atomic mass is 32.1. The van der Waals surface area contributed by atoms with Gasteiger partial charge in [0.15, 0.2) is 4.75 Å². The van der Waals surface area contributed by atoms with Crippen LogP contribution in [-0.4, -0.2) is 10.9 Å². The Hall–Kier alpha value is -0.300. The summed E-state index contributed by atoms with van der Waals surface area (Å²) in [6.07, 6.45) is -4.36. The van der Waals surface area contributed by atoms with Gasteiger partial charge in [-0.05, 0) is 13.8 Å². The molecule has 0 aliphatic carbocycles. The lowest BCUT2D eigenvalue weighted by Crippen LogP contribution is -2.34.